The lowest BCUT2D eigenvalue weighted by Gasteiger charge is -2.49. The fraction of sp³-hybridized carbons (Fsp3) is 0.667. The van der Waals surface area contributed by atoms with Crippen LogP contribution in [0.25, 0.3) is 0 Å². The Hall–Kier alpha value is -1.26. The molecule has 0 saturated heterocycles. The average molecular weight is 303 g/mol. The van der Waals surface area contributed by atoms with Crippen LogP contribution in [0.15, 0.2) is 18.2 Å². The predicted molar refractivity (Wildman–Crippen MR) is 84.0 cm³/mol. The Morgan fingerprint density at radius 3 is 2.91 bits per heavy atom. The number of aliphatic hydroxyl groups is 1. The molecular formula is C18H25NO3. The van der Waals surface area contributed by atoms with Gasteiger partial charge in [0.15, 0.2) is 11.5 Å². The van der Waals surface area contributed by atoms with Crippen molar-refractivity contribution in [2.75, 3.05) is 6.79 Å². The third-order valence-corrected chi connectivity index (χ3v) is 5.73. The second-order valence-electron chi connectivity index (χ2n) is 6.99. The zero-order valence-corrected chi connectivity index (χ0v) is 13.0. The van der Waals surface area contributed by atoms with Crippen molar-refractivity contribution < 1.29 is 14.6 Å². The summed E-state index contributed by atoms with van der Waals surface area (Å²) in [6.45, 7) is 1.09. The summed E-state index contributed by atoms with van der Waals surface area (Å²) < 4.78 is 10.8. The van der Waals surface area contributed by atoms with Gasteiger partial charge in [0.25, 0.3) is 0 Å². The lowest BCUT2D eigenvalue weighted by atomic mass is 9.65. The number of hydrogen-bond donors (Lipinski definition) is 2. The van der Waals surface area contributed by atoms with Gasteiger partial charge in [0.1, 0.15) is 0 Å². The molecule has 4 heteroatoms. The Labute approximate surface area is 131 Å². The number of rotatable bonds is 3. The monoisotopic (exact) mass is 303 g/mol. The summed E-state index contributed by atoms with van der Waals surface area (Å²) in [6, 6.07) is 6.31. The number of benzene rings is 1. The maximum absolute atomic E-state index is 11.2. The Balaban J connectivity index is 1.44. The summed E-state index contributed by atoms with van der Waals surface area (Å²) in [5, 5.41) is 14.8. The Kier molecular flexibility index (Phi) is 3.74. The molecule has 0 radical (unpaired) electrons. The standard InChI is InChI=1S/C18H25NO3/c20-18-9-2-1-4-14(18)5-3-6-17(18)19-11-13-7-8-15-16(10-13)22-12-21-15/h7-8,10,14,17,19-20H,1-6,9,11-12H2/t14?,17-,18-/m0/s1. The van der Waals surface area contributed by atoms with Crippen molar-refractivity contribution in [3.63, 3.8) is 0 Å². The molecule has 1 aliphatic heterocycles. The summed E-state index contributed by atoms with van der Waals surface area (Å²) in [5.41, 5.74) is 0.693. The predicted octanol–water partition coefficient (Wildman–Crippen LogP) is 2.98. The van der Waals surface area contributed by atoms with E-state index in [4.69, 9.17) is 9.47 Å². The molecule has 3 aliphatic rings. The highest BCUT2D eigenvalue weighted by atomic mass is 16.7. The topological polar surface area (TPSA) is 50.7 Å². The van der Waals surface area contributed by atoms with E-state index in [9.17, 15) is 5.11 Å². The molecule has 4 nitrogen and oxygen atoms in total. The van der Waals surface area contributed by atoms with Crippen LogP contribution in [0.2, 0.25) is 0 Å². The van der Waals surface area contributed by atoms with Gasteiger partial charge in [-0.25, -0.2) is 0 Å². The van der Waals surface area contributed by atoms with Gasteiger partial charge >= 0.3 is 0 Å². The molecule has 4 rings (SSSR count). The zero-order chi connectivity index (χ0) is 15.0. The van der Waals surface area contributed by atoms with E-state index in [1.54, 1.807) is 0 Å². The summed E-state index contributed by atoms with van der Waals surface area (Å²) in [5.74, 6) is 2.15. The second kappa shape index (κ2) is 5.74. The molecule has 3 atom stereocenters. The van der Waals surface area contributed by atoms with Gasteiger partial charge in [0.2, 0.25) is 6.79 Å². The lowest BCUT2D eigenvalue weighted by molar-refractivity contribution is -0.0989. The molecule has 0 aromatic heterocycles. The van der Waals surface area contributed by atoms with Crippen LogP contribution in [0.1, 0.15) is 50.5 Å². The average Bonchev–Trinajstić information content (AvgIpc) is 3.00. The van der Waals surface area contributed by atoms with Crippen molar-refractivity contribution in [1.29, 1.82) is 0 Å². The van der Waals surface area contributed by atoms with E-state index in [1.807, 2.05) is 12.1 Å². The molecule has 1 aromatic carbocycles. The van der Waals surface area contributed by atoms with Gasteiger partial charge in [-0.2, -0.15) is 0 Å². The third-order valence-electron chi connectivity index (χ3n) is 5.73. The highest BCUT2D eigenvalue weighted by Crippen LogP contribution is 2.44. The van der Waals surface area contributed by atoms with Gasteiger partial charge in [0.05, 0.1) is 5.60 Å². The molecule has 22 heavy (non-hydrogen) atoms. The first-order valence-corrected chi connectivity index (χ1v) is 8.60. The number of hydrogen-bond acceptors (Lipinski definition) is 4. The molecule has 1 unspecified atom stereocenters. The number of fused-ring (bicyclic) bond motifs is 2. The minimum Gasteiger partial charge on any atom is -0.454 e. The highest BCUT2D eigenvalue weighted by molar-refractivity contribution is 5.44. The number of nitrogens with one attached hydrogen (secondary N) is 1. The minimum atomic E-state index is -0.493. The van der Waals surface area contributed by atoms with Crippen LogP contribution in [0, 0.1) is 5.92 Å². The summed E-state index contributed by atoms with van der Waals surface area (Å²) >= 11 is 0. The minimum absolute atomic E-state index is 0.219. The quantitative estimate of drug-likeness (QED) is 0.901. The lowest BCUT2D eigenvalue weighted by Crippen LogP contribution is -2.58. The molecule has 0 bridgehead atoms. The Morgan fingerprint density at radius 2 is 1.95 bits per heavy atom. The van der Waals surface area contributed by atoms with E-state index in [2.05, 4.69) is 11.4 Å². The molecule has 1 aromatic rings. The van der Waals surface area contributed by atoms with Gasteiger partial charge in [-0.1, -0.05) is 25.3 Å². The van der Waals surface area contributed by atoms with Crippen LogP contribution in [0.5, 0.6) is 11.5 Å². The second-order valence-corrected chi connectivity index (χ2v) is 6.99. The first kappa shape index (κ1) is 14.3. The Morgan fingerprint density at radius 1 is 1.09 bits per heavy atom. The first-order chi connectivity index (χ1) is 10.8. The molecule has 1 heterocycles. The van der Waals surface area contributed by atoms with Crippen molar-refractivity contribution >= 4 is 0 Å². The molecule has 2 fully saturated rings. The van der Waals surface area contributed by atoms with Crippen molar-refractivity contribution in [2.24, 2.45) is 5.92 Å². The van der Waals surface area contributed by atoms with Crippen LogP contribution >= 0.6 is 0 Å². The summed E-state index contributed by atoms with van der Waals surface area (Å²) in [6.07, 6.45) is 8.09. The highest BCUT2D eigenvalue weighted by Gasteiger charge is 2.46. The largest absolute Gasteiger partial charge is 0.454 e. The van der Waals surface area contributed by atoms with Gasteiger partial charge in [-0.3, -0.25) is 0 Å². The molecule has 0 spiro atoms. The van der Waals surface area contributed by atoms with E-state index in [1.165, 1.54) is 31.2 Å². The van der Waals surface area contributed by atoms with Crippen molar-refractivity contribution in [3.8, 4) is 11.5 Å². The fourth-order valence-corrected chi connectivity index (χ4v) is 4.50. The molecule has 0 amide bonds. The van der Waals surface area contributed by atoms with E-state index in [-0.39, 0.29) is 6.04 Å². The van der Waals surface area contributed by atoms with Gasteiger partial charge in [-0.15, -0.1) is 0 Å². The van der Waals surface area contributed by atoms with E-state index in [0.29, 0.717) is 12.7 Å². The molecule has 2 N–H and O–H groups in total. The molecule has 2 saturated carbocycles. The maximum atomic E-state index is 11.2. The SMILES string of the molecule is O[C@@]12CCCCC1CCC[C@@H]2NCc1ccc2c(c1)OCO2. The van der Waals surface area contributed by atoms with E-state index < -0.39 is 5.60 Å². The van der Waals surface area contributed by atoms with E-state index >= 15 is 0 Å². The summed E-state index contributed by atoms with van der Waals surface area (Å²) in [7, 11) is 0. The molecule has 2 aliphatic carbocycles. The number of ether oxygens (including phenoxy) is 2. The van der Waals surface area contributed by atoms with Crippen LogP contribution in [0.3, 0.4) is 0 Å². The molecule has 120 valence electrons. The third kappa shape index (κ3) is 2.48. The Bertz CT molecular complexity index is 545. The zero-order valence-electron chi connectivity index (χ0n) is 13.0. The molecular weight excluding hydrogens is 278 g/mol. The van der Waals surface area contributed by atoms with Crippen molar-refractivity contribution in [3.05, 3.63) is 23.8 Å². The van der Waals surface area contributed by atoms with Crippen LogP contribution < -0.4 is 14.8 Å². The van der Waals surface area contributed by atoms with Crippen molar-refractivity contribution in [2.45, 2.75) is 63.1 Å². The van der Waals surface area contributed by atoms with Crippen LogP contribution in [-0.2, 0) is 6.54 Å². The van der Waals surface area contributed by atoms with Gasteiger partial charge < -0.3 is 19.9 Å². The van der Waals surface area contributed by atoms with E-state index in [0.717, 1.165) is 37.3 Å². The smallest absolute Gasteiger partial charge is 0.231 e. The summed E-state index contributed by atoms with van der Waals surface area (Å²) in [4.78, 5) is 0. The van der Waals surface area contributed by atoms with Gasteiger partial charge in [-0.05, 0) is 49.3 Å². The fourth-order valence-electron chi connectivity index (χ4n) is 4.50. The maximum Gasteiger partial charge on any atom is 0.231 e. The van der Waals surface area contributed by atoms with Crippen LogP contribution in [0.4, 0.5) is 0 Å². The van der Waals surface area contributed by atoms with Gasteiger partial charge in [0, 0.05) is 12.6 Å². The normalized spacial score (nSPS) is 33.5. The first-order valence-electron chi connectivity index (χ1n) is 8.60. The van der Waals surface area contributed by atoms with Crippen molar-refractivity contribution in [1.82, 2.24) is 5.32 Å². The van der Waals surface area contributed by atoms with Crippen LogP contribution in [-0.4, -0.2) is 23.5 Å².